The van der Waals surface area contributed by atoms with Crippen LogP contribution in [0.25, 0.3) is 0 Å². The summed E-state index contributed by atoms with van der Waals surface area (Å²) in [6.45, 7) is 12.6. The van der Waals surface area contributed by atoms with Gasteiger partial charge in [0, 0.05) is 29.1 Å². The number of nitrogens with one attached hydrogen (secondary N) is 1. The van der Waals surface area contributed by atoms with Crippen molar-refractivity contribution >= 4 is 11.3 Å². The average molecular weight is 295 g/mol. The molecule has 1 aromatic rings. The van der Waals surface area contributed by atoms with Crippen LogP contribution in [0.3, 0.4) is 0 Å². The molecule has 0 saturated carbocycles. The number of aryl methyl sites for hydroxylation is 1. The molecule has 2 unspecified atom stereocenters. The van der Waals surface area contributed by atoms with Gasteiger partial charge in [-0.1, -0.05) is 13.8 Å². The van der Waals surface area contributed by atoms with E-state index in [1.807, 2.05) is 0 Å². The van der Waals surface area contributed by atoms with Gasteiger partial charge in [-0.25, -0.2) is 4.98 Å². The summed E-state index contributed by atoms with van der Waals surface area (Å²) in [4.78, 5) is 7.36. The fraction of sp³-hybridized carbons (Fsp3) is 0.812. The Morgan fingerprint density at radius 3 is 2.60 bits per heavy atom. The molecule has 1 saturated heterocycles. The van der Waals surface area contributed by atoms with Crippen LogP contribution in [0.4, 0.5) is 0 Å². The molecule has 1 N–H and O–H groups in total. The van der Waals surface area contributed by atoms with Crippen molar-refractivity contribution in [2.24, 2.45) is 0 Å². The van der Waals surface area contributed by atoms with E-state index in [9.17, 15) is 0 Å². The SMILES string of the molecule is CCNC(Cc1nc(C)cs1)C(C)(CC)N1CCCC1. The van der Waals surface area contributed by atoms with Gasteiger partial charge in [-0.05, 0) is 52.7 Å². The Hall–Kier alpha value is -0.450. The molecule has 0 radical (unpaired) electrons. The summed E-state index contributed by atoms with van der Waals surface area (Å²) in [7, 11) is 0. The first-order chi connectivity index (χ1) is 9.60. The van der Waals surface area contributed by atoms with Gasteiger partial charge in [0.15, 0.2) is 0 Å². The van der Waals surface area contributed by atoms with E-state index >= 15 is 0 Å². The van der Waals surface area contributed by atoms with E-state index in [1.54, 1.807) is 11.3 Å². The third-order valence-corrected chi connectivity index (χ3v) is 5.78. The Kier molecular flexibility index (Phi) is 5.58. The summed E-state index contributed by atoms with van der Waals surface area (Å²) in [5.74, 6) is 0. The molecule has 0 spiro atoms. The first kappa shape index (κ1) is 15.9. The maximum atomic E-state index is 4.67. The normalized spacial score (nSPS) is 21.0. The number of likely N-dealkylation sites (N-methyl/N-ethyl adjacent to an activating group) is 1. The Labute approximate surface area is 127 Å². The molecule has 114 valence electrons. The summed E-state index contributed by atoms with van der Waals surface area (Å²) in [5, 5.41) is 7.17. The average Bonchev–Trinajstić information content (AvgIpc) is 3.09. The Bertz CT molecular complexity index is 412. The highest BCUT2D eigenvalue weighted by atomic mass is 32.1. The third-order valence-electron chi connectivity index (χ3n) is 4.79. The lowest BCUT2D eigenvalue weighted by atomic mass is 9.85. The summed E-state index contributed by atoms with van der Waals surface area (Å²) in [6, 6.07) is 0.487. The summed E-state index contributed by atoms with van der Waals surface area (Å²) < 4.78 is 0. The van der Waals surface area contributed by atoms with Gasteiger partial charge in [0.1, 0.15) is 0 Å². The molecular weight excluding hydrogens is 266 g/mol. The minimum Gasteiger partial charge on any atom is -0.312 e. The second-order valence-corrected chi connectivity index (χ2v) is 7.04. The third kappa shape index (κ3) is 3.41. The molecule has 0 aromatic carbocycles. The van der Waals surface area contributed by atoms with Crippen LogP contribution in [0.5, 0.6) is 0 Å². The van der Waals surface area contributed by atoms with Crippen molar-refractivity contribution < 1.29 is 0 Å². The van der Waals surface area contributed by atoms with Gasteiger partial charge in [0.25, 0.3) is 0 Å². The molecule has 3 nitrogen and oxygen atoms in total. The largest absolute Gasteiger partial charge is 0.312 e. The second kappa shape index (κ2) is 7.01. The molecule has 2 heterocycles. The van der Waals surface area contributed by atoms with Crippen molar-refractivity contribution in [2.75, 3.05) is 19.6 Å². The zero-order chi connectivity index (χ0) is 14.6. The Morgan fingerprint density at radius 2 is 2.10 bits per heavy atom. The van der Waals surface area contributed by atoms with Crippen molar-refractivity contribution in [3.8, 4) is 0 Å². The fourth-order valence-corrected chi connectivity index (χ4v) is 4.17. The van der Waals surface area contributed by atoms with Crippen LogP contribution in [-0.4, -0.2) is 41.1 Å². The van der Waals surface area contributed by atoms with E-state index < -0.39 is 0 Å². The van der Waals surface area contributed by atoms with Gasteiger partial charge < -0.3 is 5.32 Å². The van der Waals surface area contributed by atoms with E-state index in [1.165, 1.54) is 37.4 Å². The topological polar surface area (TPSA) is 28.2 Å². The summed E-state index contributed by atoms with van der Waals surface area (Å²) in [6.07, 6.45) is 4.94. The van der Waals surface area contributed by atoms with Crippen LogP contribution < -0.4 is 5.32 Å². The predicted octanol–water partition coefficient (Wildman–Crippen LogP) is 3.24. The van der Waals surface area contributed by atoms with Gasteiger partial charge in [-0.3, -0.25) is 4.90 Å². The quantitative estimate of drug-likeness (QED) is 0.837. The van der Waals surface area contributed by atoms with Crippen LogP contribution in [0, 0.1) is 6.92 Å². The van der Waals surface area contributed by atoms with Crippen LogP contribution in [0.1, 0.15) is 50.7 Å². The molecule has 1 fully saturated rings. The smallest absolute Gasteiger partial charge is 0.0944 e. The second-order valence-electron chi connectivity index (χ2n) is 6.10. The number of rotatable bonds is 7. The number of likely N-dealkylation sites (tertiary alicyclic amines) is 1. The van der Waals surface area contributed by atoms with Gasteiger partial charge in [0.2, 0.25) is 0 Å². The lowest BCUT2D eigenvalue weighted by Crippen LogP contribution is -2.59. The number of thiazole rings is 1. The molecule has 0 amide bonds. The minimum absolute atomic E-state index is 0.242. The molecule has 2 atom stereocenters. The van der Waals surface area contributed by atoms with Crippen molar-refractivity contribution in [3.05, 3.63) is 16.1 Å². The Balaban J connectivity index is 2.15. The molecule has 20 heavy (non-hydrogen) atoms. The van der Waals surface area contributed by atoms with Crippen molar-refractivity contribution in [3.63, 3.8) is 0 Å². The standard InChI is InChI=1S/C16H29N3S/c1-5-16(4,19-9-7-8-10-19)14(17-6-2)11-15-18-13(3)12-20-15/h12,14,17H,5-11H2,1-4H3. The van der Waals surface area contributed by atoms with Crippen LogP contribution in [0.2, 0.25) is 0 Å². The van der Waals surface area contributed by atoms with E-state index in [2.05, 4.69) is 48.3 Å². The maximum absolute atomic E-state index is 4.67. The maximum Gasteiger partial charge on any atom is 0.0944 e. The van der Waals surface area contributed by atoms with Crippen LogP contribution in [0.15, 0.2) is 5.38 Å². The summed E-state index contributed by atoms with van der Waals surface area (Å²) in [5.41, 5.74) is 1.39. The molecular formula is C16H29N3S. The number of hydrogen-bond acceptors (Lipinski definition) is 4. The number of aromatic nitrogens is 1. The highest BCUT2D eigenvalue weighted by molar-refractivity contribution is 7.09. The number of nitrogens with zero attached hydrogens (tertiary/aromatic N) is 2. The first-order valence-corrected chi connectivity index (χ1v) is 8.87. The van der Waals surface area contributed by atoms with E-state index in [0.29, 0.717) is 6.04 Å². The van der Waals surface area contributed by atoms with Crippen LogP contribution in [-0.2, 0) is 6.42 Å². The first-order valence-electron chi connectivity index (χ1n) is 7.99. The molecule has 1 aromatic heterocycles. The van der Waals surface area contributed by atoms with Crippen molar-refractivity contribution in [1.29, 1.82) is 0 Å². The van der Waals surface area contributed by atoms with Crippen molar-refractivity contribution in [1.82, 2.24) is 15.2 Å². The monoisotopic (exact) mass is 295 g/mol. The zero-order valence-electron chi connectivity index (χ0n) is 13.4. The van der Waals surface area contributed by atoms with E-state index in [-0.39, 0.29) is 5.54 Å². The molecule has 0 bridgehead atoms. The molecule has 4 heteroatoms. The zero-order valence-corrected chi connectivity index (χ0v) is 14.2. The highest BCUT2D eigenvalue weighted by Crippen LogP contribution is 2.30. The van der Waals surface area contributed by atoms with Crippen molar-refractivity contribution in [2.45, 2.75) is 65.0 Å². The lowest BCUT2D eigenvalue weighted by Gasteiger charge is -2.44. The number of hydrogen-bond donors (Lipinski definition) is 1. The molecule has 1 aliphatic rings. The predicted molar refractivity (Wildman–Crippen MR) is 87.5 cm³/mol. The lowest BCUT2D eigenvalue weighted by molar-refractivity contribution is 0.0847. The summed E-state index contributed by atoms with van der Waals surface area (Å²) >= 11 is 1.80. The Morgan fingerprint density at radius 1 is 1.40 bits per heavy atom. The highest BCUT2D eigenvalue weighted by Gasteiger charge is 2.39. The van der Waals surface area contributed by atoms with Crippen LogP contribution >= 0.6 is 11.3 Å². The van der Waals surface area contributed by atoms with E-state index in [0.717, 1.165) is 18.7 Å². The van der Waals surface area contributed by atoms with Gasteiger partial charge >= 0.3 is 0 Å². The van der Waals surface area contributed by atoms with Gasteiger partial charge in [-0.2, -0.15) is 0 Å². The molecule has 0 aliphatic carbocycles. The molecule has 1 aliphatic heterocycles. The van der Waals surface area contributed by atoms with Gasteiger partial charge in [-0.15, -0.1) is 11.3 Å². The minimum atomic E-state index is 0.242. The molecule has 2 rings (SSSR count). The fourth-order valence-electron chi connectivity index (χ4n) is 3.35. The van der Waals surface area contributed by atoms with Gasteiger partial charge in [0.05, 0.1) is 5.01 Å². The van der Waals surface area contributed by atoms with E-state index in [4.69, 9.17) is 0 Å².